The fourth-order valence-corrected chi connectivity index (χ4v) is 4.99. The van der Waals surface area contributed by atoms with E-state index in [9.17, 15) is 14.4 Å². The van der Waals surface area contributed by atoms with Gasteiger partial charge in [-0.1, -0.05) is 60.5 Å². The van der Waals surface area contributed by atoms with Crippen LogP contribution in [0.2, 0.25) is 5.02 Å². The van der Waals surface area contributed by atoms with Crippen LogP contribution in [0.25, 0.3) is 0 Å². The van der Waals surface area contributed by atoms with Gasteiger partial charge >= 0.3 is 0 Å². The highest BCUT2D eigenvalue weighted by molar-refractivity contribution is 8.14. The molecule has 7 heteroatoms. The molecule has 2 aromatic rings. The molecule has 2 fully saturated rings. The first kappa shape index (κ1) is 20.0. The molecule has 0 aromatic heterocycles. The van der Waals surface area contributed by atoms with Crippen LogP contribution in [-0.2, 0) is 21.5 Å². The zero-order valence-electron chi connectivity index (χ0n) is 15.8. The van der Waals surface area contributed by atoms with Gasteiger partial charge in [-0.3, -0.25) is 19.3 Å². The first-order valence-electron chi connectivity index (χ1n) is 9.61. The van der Waals surface area contributed by atoms with E-state index in [-0.39, 0.29) is 29.4 Å². The van der Waals surface area contributed by atoms with Crippen molar-refractivity contribution in [3.63, 3.8) is 0 Å². The summed E-state index contributed by atoms with van der Waals surface area (Å²) in [5.74, 6) is 0.0202. The van der Waals surface area contributed by atoms with Crippen LogP contribution >= 0.6 is 23.4 Å². The van der Waals surface area contributed by atoms with E-state index in [1.165, 1.54) is 4.90 Å². The monoisotopic (exact) mass is 428 g/mol. The number of carbonyl (C=O) groups is 3. The minimum Gasteiger partial charge on any atom is -0.325 e. The van der Waals surface area contributed by atoms with Crippen molar-refractivity contribution in [3.05, 3.63) is 64.7 Å². The SMILES string of the molecule is O=C1CSC(=O)N1Cc1ccc(NC(=O)C2(c3cccc(Cl)c3)CCCC2)cc1. The minimum atomic E-state index is -0.560. The number of carbonyl (C=O) groups excluding carboxylic acids is 3. The fraction of sp³-hybridized carbons (Fsp3) is 0.318. The smallest absolute Gasteiger partial charge is 0.289 e. The number of anilines is 1. The van der Waals surface area contributed by atoms with Crippen LogP contribution < -0.4 is 5.32 Å². The Kier molecular flexibility index (Phi) is 5.65. The molecule has 1 saturated carbocycles. The van der Waals surface area contributed by atoms with Gasteiger partial charge in [0.05, 0.1) is 17.7 Å². The predicted molar refractivity (Wildman–Crippen MR) is 115 cm³/mol. The maximum absolute atomic E-state index is 13.2. The maximum atomic E-state index is 13.2. The Morgan fingerprint density at radius 1 is 1.10 bits per heavy atom. The molecule has 2 aromatic carbocycles. The quantitative estimate of drug-likeness (QED) is 0.728. The van der Waals surface area contributed by atoms with E-state index >= 15 is 0 Å². The Morgan fingerprint density at radius 2 is 1.83 bits per heavy atom. The Labute approximate surface area is 178 Å². The Bertz CT molecular complexity index is 939. The number of amides is 3. The third-order valence-electron chi connectivity index (χ3n) is 5.66. The van der Waals surface area contributed by atoms with Crippen molar-refractivity contribution in [2.24, 2.45) is 0 Å². The van der Waals surface area contributed by atoms with Crippen LogP contribution in [0.1, 0.15) is 36.8 Å². The molecule has 29 heavy (non-hydrogen) atoms. The number of imide groups is 1. The highest BCUT2D eigenvalue weighted by atomic mass is 35.5. The van der Waals surface area contributed by atoms with Gasteiger partial charge in [-0.2, -0.15) is 0 Å². The Balaban J connectivity index is 1.49. The maximum Gasteiger partial charge on any atom is 0.289 e. The second-order valence-corrected chi connectivity index (χ2v) is 8.85. The molecule has 150 valence electrons. The van der Waals surface area contributed by atoms with Crippen molar-refractivity contribution in [1.82, 2.24) is 4.90 Å². The lowest BCUT2D eigenvalue weighted by molar-refractivity contribution is -0.125. The van der Waals surface area contributed by atoms with Gasteiger partial charge in [-0.05, 0) is 48.2 Å². The second kappa shape index (κ2) is 8.20. The molecule has 0 spiro atoms. The van der Waals surface area contributed by atoms with Gasteiger partial charge < -0.3 is 5.32 Å². The zero-order valence-corrected chi connectivity index (χ0v) is 17.4. The topological polar surface area (TPSA) is 66.5 Å². The van der Waals surface area contributed by atoms with Crippen molar-refractivity contribution >= 4 is 46.1 Å². The number of benzene rings is 2. The van der Waals surface area contributed by atoms with E-state index in [2.05, 4.69) is 5.32 Å². The molecule has 0 bridgehead atoms. The largest absolute Gasteiger partial charge is 0.325 e. The van der Waals surface area contributed by atoms with E-state index in [1.54, 1.807) is 0 Å². The normalized spacial score (nSPS) is 18.3. The predicted octanol–water partition coefficient (Wildman–Crippen LogP) is 4.99. The van der Waals surface area contributed by atoms with Crippen molar-refractivity contribution < 1.29 is 14.4 Å². The van der Waals surface area contributed by atoms with Gasteiger partial charge in [0.15, 0.2) is 0 Å². The van der Waals surface area contributed by atoms with E-state index in [4.69, 9.17) is 11.6 Å². The summed E-state index contributed by atoms with van der Waals surface area (Å²) in [6.07, 6.45) is 3.62. The molecular formula is C22H21ClN2O3S. The average Bonchev–Trinajstić information content (AvgIpc) is 3.33. The molecule has 0 atom stereocenters. The molecule has 5 nitrogen and oxygen atoms in total. The van der Waals surface area contributed by atoms with Crippen molar-refractivity contribution in [2.75, 3.05) is 11.1 Å². The summed E-state index contributed by atoms with van der Waals surface area (Å²) in [5.41, 5.74) is 1.94. The van der Waals surface area contributed by atoms with E-state index in [1.807, 2.05) is 48.5 Å². The van der Waals surface area contributed by atoms with E-state index < -0.39 is 5.41 Å². The molecule has 2 aliphatic rings. The van der Waals surface area contributed by atoms with Crippen molar-refractivity contribution in [2.45, 2.75) is 37.6 Å². The zero-order chi connectivity index (χ0) is 20.4. The second-order valence-electron chi connectivity index (χ2n) is 7.49. The molecule has 0 unspecified atom stereocenters. The number of thioether (sulfide) groups is 1. The standard InChI is InChI=1S/C22H21ClN2O3S/c23-17-5-3-4-16(12-17)22(10-1-2-11-22)20(27)24-18-8-6-15(7-9-18)13-25-19(26)14-29-21(25)28/h3-9,12H,1-2,10-11,13-14H2,(H,24,27). The van der Waals surface area contributed by atoms with Crippen LogP contribution in [0.4, 0.5) is 10.5 Å². The number of rotatable bonds is 5. The lowest BCUT2D eigenvalue weighted by atomic mass is 9.78. The first-order valence-corrected chi connectivity index (χ1v) is 11.0. The first-order chi connectivity index (χ1) is 14.0. The van der Waals surface area contributed by atoms with Crippen molar-refractivity contribution in [1.29, 1.82) is 0 Å². The lowest BCUT2D eigenvalue weighted by Crippen LogP contribution is -2.38. The summed E-state index contributed by atoms with van der Waals surface area (Å²) >= 11 is 7.20. The van der Waals surface area contributed by atoms with Crippen LogP contribution in [-0.4, -0.2) is 27.7 Å². The summed E-state index contributed by atoms with van der Waals surface area (Å²) < 4.78 is 0. The molecule has 1 aliphatic carbocycles. The molecule has 1 saturated heterocycles. The summed E-state index contributed by atoms with van der Waals surface area (Å²) in [7, 11) is 0. The highest BCUT2D eigenvalue weighted by Gasteiger charge is 2.42. The third-order valence-corrected chi connectivity index (χ3v) is 6.76. The van der Waals surface area contributed by atoms with Crippen LogP contribution in [0.15, 0.2) is 48.5 Å². The van der Waals surface area contributed by atoms with Gasteiger partial charge in [-0.25, -0.2) is 0 Å². The number of hydrogen-bond donors (Lipinski definition) is 1. The number of nitrogens with one attached hydrogen (secondary N) is 1. The molecule has 1 heterocycles. The molecule has 3 amide bonds. The van der Waals surface area contributed by atoms with E-state index in [0.29, 0.717) is 10.7 Å². The van der Waals surface area contributed by atoms with Gasteiger partial charge in [-0.15, -0.1) is 0 Å². The van der Waals surface area contributed by atoms with Gasteiger partial charge in [0.1, 0.15) is 0 Å². The summed E-state index contributed by atoms with van der Waals surface area (Å²) in [6.45, 7) is 0.255. The van der Waals surface area contributed by atoms with Gasteiger partial charge in [0.2, 0.25) is 11.8 Å². The number of halogens is 1. The molecule has 1 aliphatic heterocycles. The molecule has 4 rings (SSSR count). The van der Waals surface area contributed by atoms with E-state index in [0.717, 1.165) is 48.6 Å². The average molecular weight is 429 g/mol. The fourth-order valence-electron chi connectivity index (χ4n) is 4.07. The molecule has 1 N–H and O–H groups in total. The number of nitrogens with zero attached hydrogens (tertiary/aromatic N) is 1. The third kappa shape index (κ3) is 4.05. The highest BCUT2D eigenvalue weighted by Crippen LogP contribution is 2.42. The van der Waals surface area contributed by atoms with Crippen LogP contribution in [0, 0.1) is 0 Å². The summed E-state index contributed by atoms with van der Waals surface area (Å²) in [4.78, 5) is 38.0. The van der Waals surface area contributed by atoms with Gasteiger partial charge in [0.25, 0.3) is 5.24 Å². The Hall–Kier alpha value is -2.31. The Morgan fingerprint density at radius 3 is 2.45 bits per heavy atom. The summed E-state index contributed by atoms with van der Waals surface area (Å²) in [6, 6.07) is 14.9. The van der Waals surface area contributed by atoms with Crippen LogP contribution in [0.3, 0.4) is 0 Å². The van der Waals surface area contributed by atoms with Crippen LogP contribution in [0.5, 0.6) is 0 Å². The minimum absolute atomic E-state index is 0.0219. The molecule has 0 radical (unpaired) electrons. The van der Waals surface area contributed by atoms with Crippen molar-refractivity contribution in [3.8, 4) is 0 Å². The molecular weight excluding hydrogens is 408 g/mol. The number of hydrogen-bond acceptors (Lipinski definition) is 4. The summed E-state index contributed by atoms with van der Waals surface area (Å²) in [5, 5.41) is 3.47. The lowest BCUT2D eigenvalue weighted by Gasteiger charge is -2.28. The van der Waals surface area contributed by atoms with Gasteiger partial charge in [0, 0.05) is 10.7 Å².